The number of piperazine rings is 1. The Balaban J connectivity index is 1.82. The minimum absolute atomic E-state index is 0.117. The van der Waals surface area contributed by atoms with E-state index in [0.29, 0.717) is 18.8 Å². The molecule has 10 heteroatoms. The molecular weight excluding hydrogens is 500 g/mol. The van der Waals surface area contributed by atoms with Crippen LogP contribution >= 0.6 is 11.8 Å². The van der Waals surface area contributed by atoms with Crippen LogP contribution in [0.3, 0.4) is 0 Å². The number of allylic oxidation sites excluding steroid dienone is 3. The van der Waals surface area contributed by atoms with Crippen LogP contribution in [0.2, 0.25) is 0 Å². The Hall–Kier alpha value is -3.55. The maximum Gasteiger partial charge on any atom is 0.334 e. The van der Waals surface area contributed by atoms with E-state index in [1.165, 1.54) is 10.0 Å². The molecule has 0 aliphatic carbocycles. The van der Waals surface area contributed by atoms with Crippen molar-refractivity contribution in [3.05, 3.63) is 72.9 Å². The molecule has 202 valence electrons. The van der Waals surface area contributed by atoms with Crippen LogP contribution in [0.4, 0.5) is 4.79 Å². The third kappa shape index (κ3) is 6.85. The molecule has 2 aliphatic rings. The average molecular weight is 537 g/mol. The number of nitrogens with one attached hydrogen (secondary N) is 1. The van der Waals surface area contributed by atoms with Crippen molar-refractivity contribution in [1.29, 1.82) is 5.26 Å². The van der Waals surface area contributed by atoms with Gasteiger partial charge in [-0.3, -0.25) is 9.59 Å². The number of carbonyl (C=O) groups excluding carboxylic acids is 3. The Morgan fingerprint density at radius 3 is 2.63 bits per heavy atom. The third-order valence-corrected chi connectivity index (χ3v) is 7.52. The molecule has 0 saturated carbocycles. The number of fused-ring (bicyclic) bond motifs is 1. The number of amides is 4. The van der Waals surface area contributed by atoms with Gasteiger partial charge < -0.3 is 15.1 Å². The summed E-state index contributed by atoms with van der Waals surface area (Å²) < 4.78 is 0. The van der Waals surface area contributed by atoms with Crippen LogP contribution in [0.15, 0.2) is 67.3 Å². The number of hydrogen-bond acceptors (Lipinski definition) is 6. The Morgan fingerprint density at radius 1 is 1.26 bits per heavy atom. The predicted molar refractivity (Wildman–Crippen MR) is 149 cm³/mol. The van der Waals surface area contributed by atoms with Crippen LogP contribution in [0.1, 0.15) is 19.4 Å². The number of nitriles is 1. The van der Waals surface area contributed by atoms with E-state index in [1.54, 1.807) is 33.7 Å². The summed E-state index contributed by atoms with van der Waals surface area (Å²) in [6, 6.07) is 10.5. The molecule has 2 fully saturated rings. The molecule has 0 bridgehead atoms. The van der Waals surface area contributed by atoms with Crippen molar-refractivity contribution in [2.75, 3.05) is 37.7 Å². The van der Waals surface area contributed by atoms with E-state index in [1.807, 2.05) is 50.3 Å². The molecule has 2 saturated heterocycles. The first-order chi connectivity index (χ1) is 18.3. The SMILES string of the molecule is C=C/C=C(\C=C)CSCCN1CC2N(C(=O)CN(CC#N)N2C(=O)NCc2ccccc2)[C@@H](C(C)C)C1=O. The molecule has 1 unspecified atom stereocenters. The van der Waals surface area contributed by atoms with Gasteiger partial charge in [0, 0.05) is 24.6 Å². The second-order valence-corrected chi connectivity index (χ2v) is 10.6. The monoisotopic (exact) mass is 536 g/mol. The summed E-state index contributed by atoms with van der Waals surface area (Å²) in [5.74, 6) is 0.895. The van der Waals surface area contributed by atoms with Gasteiger partial charge in [0.25, 0.3) is 0 Å². The lowest BCUT2D eigenvalue weighted by Gasteiger charge is -2.55. The Morgan fingerprint density at radius 2 is 2.00 bits per heavy atom. The molecule has 0 aromatic heterocycles. The zero-order valence-electron chi connectivity index (χ0n) is 22.1. The van der Waals surface area contributed by atoms with E-state index in [2.05, 4.69) is 24.5 Å². The van der Waals surface area contributed by atoms with E-state index < -0.39 is 18.2 Å². The summed E-state index contributed by atoms with van der Waals surface area (Å²) in [7, 11) is 0. The number of hydrogen-bond donors (Lipinski definition) is 1. The molecule has 2 aliphatic heterocycles. The topological polar surface area (TPSA) is 100.0 Å². The summed E-state index contributed by atoms with van der Waals surface area (Å²) in [6.45, 7) is 12.0. The van der Waals surface area contributed by atoms with Crippen molar-refractivity contribution in [2.24, 2.45) is 5.92 Å². The second kappa shape index (κ2) is 13.8. The van der Waals surface area contributed by atoms with Gasteiger partial charge in [-0.25, -0.2) is 9.80 Å². The number of rotatable bonds is 11. The minimum Gasteiger partial charge on any atom is -0.336 e. The molecule has 3 rings (SSSR count). The Kier molecular flexibility index (Phi) is 10.6. The third-order valence-electron chi connectivity index (χ3n) is 6.51. The van der Waals surface area contributed by atoms with Gasteiger partial charge in [-0.05, 0) is 17.1 Å². The highest BCUT2D eigenvalue weighted by Gasteiger charge is 2.52. The lowest BCUT2D eigenvalue weighted by atomic mass is 9.96. The van der Waals surface area contributed by atoms with Crippen LogP contribution in [0.25, 0.3) is 0 Å². The molecule has 0 radical (unpaired) electrons. The maximum atomic E-state index is 13.5. The molecule has 1 N–H and O–H groups in total. The van der Waals surface area contributed by atoms with Gasteiger partial charge >= 0.3 is 6.03 Å². The Labute approximate surface area is 229 Å². The largest absolute Gasteiger partial charge is 0.336 e. The van der Waals surface area contributed by atoms with Crippen LogP contribution in [-0.2, 0) is 16.1 Å². The quantitative estimate of drug-likeness (QED) is 0.265. The van der Waals surface area contributed by atoms with Crippen LogP contribution in [0, 0.1) is 17.2 Å². The van der Waals surface area contributed by atoms with E-state index in [4.69, 9.17) is 0 Å². The fourth-order valence-corrected chi connectivity index (χ4v) is 5.66. The molecular formula is C28H36N6O3S. The zero-order valence-corrected chi connectivity index (χ0v) is 22.9. The van der Waals surface area contributed by atoms with E-state index in [-0.39, 0.29) is 37.4 Å². The van der Waals surface area contributed by atoms with Crippen molar-refractivity contribution < 1.29 is 14.4 Å². The second-order valence-electron chi connectivity index (χ2n) is 9.46. The predicted octanol–water partition coefficient (Wildman–Crippen LogP) is 3.01. The van der Waals surface area contributed by atoms with Gasteiger partial charge in [0.1, 0.15) is 18.8 Å². The number of urea groups is 1. The molecule has 38 heavy (non-hydrogen) atoms. The first-order valence-corrected chi connectivity index (χ1v) is 13.8. The lowest BCUT2D eigenvalue weighted by Crippen LogP contribution is -2.77. The van der Waals surface area contributed by atoms with Crippen molar-refractivity contribution in [1.82, 2.24) is 25.1 Å². The summed E-state index contributed by atoms with van der Waals surface area (Å²) in [5.41, 5.74) is 1.98. The van der Waals surface area contributed by atoms with Crippen molar-refractivity contribution >= 4 is 29.6 Å². The van der Waals surface area contributed by atoms with E-state index in [9.17, 15) is 19.6 Å². The zero-order chi connectivity index (χ0) is 27.7. The number of thioether (sulfide) groups is 1. The molecule has 1 aromatic carbocycles. The van der Waals surface area contributed by atoms with Gasteiger partial charge in [0.15, 0.2) is 0 Å². The number of nitrogens with zero attached hydrogens (tertiary/aromatic N) is 5. The van der Waals surface area contributed by atoms with Crippen LogP contribution in [0.5, 0.6) is 0 Å². The van der Waals surface area contributed by atoms with Gasteiger partial charge in [-0.2, -0.15) is 22.0 Å². The van der Waals surface area contributed by atoms with Gasteiger partial charge in [-0.15, -0.1) is 0 Å². The first-order valence-electron chi connectivity index (χ1n) is 12.7. The first kappa shape index (κ1) is 29.0. The highest BCUT2D eigenvalue weighted by Crippen LogP contribution is 2.30. The Bertz CT molecular complexity index is 1100. The van der Waals surface area contributed by atoms with Crippen molar-refractivity contribution in [2.45, 2.75) is 32.6 Å². The fourth-order valence-electron chi connectivity index (χ4n) is 4.72. The molecule has 0 spiro atoms. The lowest BCUT2D eigenvalue weighted by molar-refractivity contribution is -0.191. The van der Waals surface area contributed by atoms with Gasteiger partial charge in [0.05, 0.1) is 19.2 Å². The molecule has 9 nitrogen and oxygen atoms in total. The summed E-state index contributed by atoms with van der Waals surface area (Å²) in [6.07, 6.45) is 4.71. The van der Waals surface area contributed by atoms with Crippen LogP contribution < -0.4 is 5.32 Å². The molecule has 2 heterocycles. The highest BCUT2D eigenvalue weighted by atomic mass is 32.2. The smallest absolute Gasteiger partial charge is 0.334 e. The standard InChI is InChI=1S/C28H36N6O3S/c1-5-10-22(6-2)20-38-16-15-31-18-24-33(26(21(3)4)27(31)36)25(35)19-32(14-13-29)34(24)28(37)30-17-23-11-8-7-9-12-23/h5-12,21,24,26H,1-2,14-20H2,3-4H3,(H,30,37)/b22-10+/t24?,26-/m0/s1. The van der Waals surface area contributed by atoms with E-state index >= 15 is 0 Å². The minimum atomic E-state index is -0.708. The highest BCUT2D eigenvalue weighted by molar-refractivity contribution is 7.99. The molecule has 2 atom stereocenters. The van der Waals surface area contributed by atoms with Crippen molar-refractivity contribution in [3.8, 4) is 6.07 Å². The molecule has 4 amide bonds. The summed E-state index contributed by atoms with van der Waals surface area (Å²) in [4.78, 5) is 43.6. The normalized spacial score (nSPS) is 20.3. The van der Waals surface area contributed by atoms with Crippen molar-refractivity contribution in [3.63, 3.8) is 0 Å². The van der Waals surface area contributed by atoms with Crippen LogP contribution in [-0.4, -0.2) is 87.6 Å². The molecule has 1 aromatic rings. The van der Waals surface area contributed by atoms with Gasteiger partial charge in [-0.1, -0.05) is 75.6 Å². The fraction of sp³-hybridized carbons (Fsp3) is 0.429. The van der Waals surface area contributed by atoms with E-state index in [0.717, 1.165) is 16.9 Å². The van der Waals surface area contributed by atoms with Gasteiger partial charge in [0.2, 0.25) is 11.8 Å². The summed E-state index contributed by atoms with van der Waals surface area (Å²) >= 11 is 1.67. The maximum absolute atomic E-state index is 13.5. The summed E-state index contributed by atoms with van der Waals surface area (Å²) in [5, 5.41) is 15.3. The number of carbonyl (C=O) groups is 3. The number of benzene rings is 1. The average Bonchev–Trinajstić information content (AvgIpc) is 2.90. The number of hydrazine groups is 1.